The second-order valence-corrected chi connectivity index (χ2v) is 4.94. The van der Waals surface area contributed by atoms with E-state index in [9.17, 15) is 4.79 Å². The lowest BCUT2D eigenvalue weighted by Crippen LogP contribution is -2.29. The van der Waals surface area contributed by atoms with Crippen molar-refractivity contribution in [1.82, 2.24) is 4.90 Å². The van der Waals surface area contributed by atoms with Gasteiger partial charge in [0.1, 0.15) is 0 Å². The van der Waals surface area contributed by atoms with Crippen molar-refractivity contribution in [1.29, 1.82) is 0 Å². The van der Waals surface area contributed by atoms with Gasteiger partial charge >= 0.3 is 5.97 Å². The fourth-order valence-electron chi connectivity index (χ4n) is 2.11. The van der Waals surface area contributed by atoms with Crippen LogP contribution in [0.15, 0.2) is 12.7 Å². The zero-order chi connectivity index (χ0) is 13.4. The summed E-state index contributed by atoms with van der Waals surface area (Å²) in [5.74, 6) is 5.97. The largest absolute Gasteiger partial charge is 0.446 e. The minimum absolute atomic E-state index is 0.281. The van der Waals surface area contributed by atoms with Gasteiger partial charge in [-0.2, -0.15) is 0 Å². The molecule has 1 aliphatic heterocycles. The summed E-state index contributed by atoms with van der Waals surface area (Å²) in [6.07, 6.45) is 5.84. The first-order chi connectivity index (χ1) is 8.56. The van der Waals surface area contributed by atoms with Crippen LogP contribution >= 0.6 is 0 Å². The molecule has 1 atom stereocenters. The Balaban J connectivity index is 2.55. The first kappa shape index (κ1) is 14.8. The zero-order valence-electron chi connectivity index (χ0n) is 11.5. The number of hydrogen-bond donors (Lipinski definition) is 0. The molecule has 3 nitrogen and oxygen atoms in total. The molecule has 0 saturated carbocycles. The van der Waals surface area contributed by atoms with E-state index in [0.29, 0.717) is 6.42 Å². The van der Waals surface area contributed by atoms with E-state index in [-0.39, 0.29) is 5.97 Å². The smallest absolute Gasteiger partial charge is 0.304 e. The van der Waals surface area contributed by atoms with Crippen molar-refractivity contribution in [3.8, 4) is 11.8 Å². The van der Waals surface area contributed by atoms with Crippen molar-refractivity contribution in [3.63, 3.8) is 0 Å². The van der Waals surface area contributed by atoms with Crippen LogP contribution in [-0.2, 0) is 9.53 Å². The van der Waals surface area contributed by atoms with Crippen LogP contribution in [0.3, 0.4) is 0 Å². The number of carbonyl (C=O) groups excluding carboxylic acids is 1. The number of allylic oxidation sites excluding steroid dienone is 1. The lowest BCUT2D eigenvalue weighted by molar-refractivity contribution is -0.150. The fraction of sp³-hybridized carbons (Fsp3) is 0.667. The molecule has 0 aliphatic carbocycles. The lowest BCUT2D eigenvalue weighted by Gasteiger charge is -2.23. The van der Waals surface area contributed by atoms with E-state index >= 15 is 0 Å². The first-order valence-corrected chi connectivity index (χ1v) is 6.58. The molecule has 1 saturated heterocycles. The van der Waals surface area contributed by atoms with Crippen LogP contribution in [0.2, 0.25) is 0 Å². The van der Waals surface area contributed by atoms with Gasteiger partial charge in [0.2, 0.25) is 0 Å². The van der Waals surface area contributed by atoms with E-state index < -0.39 is 5.60 Å². The Hall–Kier alpha value is -1.27. The minimum Gasteiger partial charge on any atom is -0.446 e. The summed E-state index contributed by atoms with van der Waals surface area (Å²) in [5, 5.41) is 0. The highest BCUT2D eigenvalue weighted by Crippen LogP contribution is 2.17. The van der Waals surface area contributed by atoms with Gasteiger partial charge in [-0.3, -0.25) is 9.69 Å². The van der Waals surface area contributed by atoms with Gasteiger partial charge in [-0.05, 0) is 39.3 Å². The molecule has 0 aromatic rings. The number of nitrogens with zero attached hydrogens (tertiary/aromatic N) is 1. The van der Waals surface area contributed by atoms with Crippen LogP contribution < -0.4 is 0 Å². The minimum atomic E-state index is -0.681. The van der Waals surface area contributed by atoms with Crippen LogP contribution in [0, 0.1) is 11.8 Å². The van der Waals surface area contributed by atoms with E-state index in [1.165, 1.54) is 19.8 Å². The highest BCUT2D eigenvalue weighted by atomic mass is 16.6. The monoisotopic (exact) mass is 249 g/mol. The van der Waals surface area contributed by atoms with Gasteiger partial charge in [-0.1, -0.05) is 17.9 Å². The summed E-state index contributed by atoms with van der Waals surface area (Å²) in [7, 11) is 0. The van der Waals surface area contributed by atoms with E-state index in [1.54, 1.807) is 0 Å². The van der Waals surface area contributed by atoms with Gasteiger partial charge in [-0.25, -0.2) is 0 Å². The standard InChI is InChI=1S/C15H23NO2/c1-4-5-9-15(3,18-14(2)17)10-8-13-16-11-6-7-12-16/h4H,1,5-7,9,11-13H2,2-3H3/t15-/m0/s1. The molecule has 0 radical (unpaired) electrons. The SMILES string of the molecule is C=CCC[C@@](C)(C#CCN1CCCC1)OC(C)=O. The maximum atomic E-state index is 11.1. The number of carbonyl (C=O) groups is 1. The zero-order valence-corrected chi connectivity index (χ0v) is 11.5. The van der Waals surface area contributed by atoms with Gasteiger partial charge in [0.25, 0.3) is 0 Å². The first-order valence-electron chi connectivity index (χ1n) is 6.58. The van der Waals surface area contributed by atoms with Crippen molar-refractivity contribution in [2.24, 2.45) is 0 Å². The maximum absolute atomic E-state index is 11.1. The Morgan fingerprint density at radius 2 is 2.17 bits per heavy atom. The molecule has 0 amide bonds. The van der Waals surface area contributed by atoms with Crippen LogP contribution in [-0.4, -0.2) is 36.1 Å². The average Bonchev–Trinajstić information content (AvgIpc) is 2.78. The second-order valence-electron chi connectivity index (χ2n) is 4.94. The molecular formula is C15H23NO2. The predicted octanol–water partition coefficient (Wildman–Crippen LogP) is 2.37. The van der Waals surface area contributed by atoms with E-state index in [4.69, 9.17) is 4.74 Å². The molecule has 0 aromatic carbocycles. The summed E-state index contributed by atoms with van der Waals surface area (Å²) < 4.78 is 5.33. The predicted molar refractivity (Wildman–Crippen MR) is 73.1 cm³/mol. The molecule has 0 unspecified atom stereocenters. The third kappa shape index (κ3) is 5.37. The molecule has 1 heterocycles. The van der Waals surface area contributed by atoms with Crippen molar-refractivity contribution in [2.45, 2.75) is 45.1 Å². The molecule has 1 fully saturated rings. The highest BCUT2D eigenvalue weighted by Gasteiger charge is 2.24. The van der Waals surface area contributed by atoms with Crippen LogP contribution in [0.5, 0.6) is 0 Å². The Morgan fingerprint density at radius 3 is 2.72 bits per heavy atom. The third-order valence-corrected chi connectivity index (χ3v) is 3.05. The molecule has 0 N–H and O–H groups in total. The van der Waals surface area contributed by atoms with Crippen molar-refractivity contribution in [3.05, 3.63) is 12.7 Å². The number of rotatable bonds is 5. The molecule has 0 bridgehead atoms. The van der Waals surface area contributed by atoms with E-state index in [1.807, 2.05) is 13.0 Å². The average molecular weight is 249 g/mol. The van der Waals surface area contributed by atoms with E-state index in [0.717, 1.165) is 26.1 Å². The Labute approximate surface area is 110 Å². The van der Waals surface area contributed by atoms with Gasteiger partial charge in [0, 0.05) is 13.3 Å². The number of hydrogen-bond acceptors (Lipinski definition) is 3. The van der Waals surface area contributed by atoms with Crippen LogP contribution in [0.1, 0.15) is 39.5 Å². The van der Waals surface area contributed by atoms with Crippen molar-refractivity contribution < 1.29 is 9.53 Å². The van der Waals surface area contributed by atoms with Gasteiger partial charge in [0.15, 0.2) is 5.60 Å². The summed E-state index contributed by atoms with van der Waals surface area (Å²) in [6, 6.07) is 0. The summed E-state index contributed by atoms with van der Waals surface area (Å²) >= 11 is 0. The molecule has 0 spiro atoms. The third-order valence-electron chi connectivity index (χ3n) is 3.05. The lowest BCUT2D eigenvalue weighted by atomic mass is 10.0. The number of esters is 1. The number of ether oxygens (including phenoxy) is 1. The van der Waals surface area contributed by atoms with Crippen LogP contribution in [0.25, 0.3) is 0 Å². The normalized spacial score (nSPS) is 18.6. The van der Waals surface area contributed by atoms with Crippen molar-refractivity contribution in [2.75, 3.05) is 19.6 Å². The van der Waals surface area contributed by atoms with Crippen LogP contribution in [0.4, 0.5) is 0 Å². The maximum Gasteiger partial charge on any atom is 0.304 e. The fourth-order valence-corrected chi connectivity index (χ4v) is 2.11. The van der Waals surface area contributed by atoms with Gasteiger partial charge in [0.05, 0.1) is 6.54 Å². The second kappa shape index (κ2) is 7.23. The summed E-state index contributed by atoms with van der Waals surface area (Å²) in [5.41, 5.74) is -0.681. The summed E-state index contributed by atoms with van der Waals surface area (Å²) in [4.78, 5) is 13.4. The topological polar surface area (TPSA) is 29.5 Å². The molecule has 1 aliphatic rings. The highest BCUT2D eigenvalue weighted by molar-refractivity contribution is 5.67. The molecular weight excluding hydrogens is 226 g/mol. The molecule has 1 rings (SSSR count). The Morgan fingerprint density at radius 1 is 1.50 bits per heavy atom. The molecule has 0 aromatic heterocycles. The summed E-state index contributed by atoms with van der Waals surface area (Å²) in [6.45, 7) is 10.0. The van der Waals surface area contributed by atoms with Gasteiger partial charge < -0.3 is 4.74 Å². The molecule has 18 heavy (non-hydrogen) atoms. The molecule has 100 valence electrons. The van der Waals surface area contributed by atoms with Crippen molar-refractivity contribution >= 4 is 5.97 Å². The van der Waals surface area contributed by atoms with Gasteiger partial charge in [-0.15, -0.1) is 6.58 Å². The van der Waals surface area contributed by atoms with E-state index in [2.05, 4.69) is 23.3 Å². The molecule has 3 heteroatoms. The quantitative estimate of drug-likeness (QED) is 0.425. The Kier molecular flexibility index (Phi) is 5.94. The number of likely N-dealkylation sites (tertiary alicyclic amines) is 1. The Bertz CT molecular complexity index is 347.